The van der Waals surface area contributed by atoms with Crippen LogP contribution >= 0.6 is 0 Å². The molecule has 2 unspecified atom stereocenters. The van der Waals surface area contributed by atoms with Crippen molar-refractivity contribution in [2.24, 2.45) is 11.7 Å². The lowest BCUT2D eigenvalue weighted by molar-refractivity contribution is -0.128. The highest BCUT2D eigenvalue weighted by atomic mass is 16.2. The van der Waals surface area contributed by atoms with Crippen molar-refractivity contribution in [2.45, 2.75) is 45.8 Å². The second-order valence-electron chi connectivity index (χ2n) is 6.05. The number of likely N-dealkylation sites (tertiary alicyclic amines) is 1. The van der Waals surface area contributed by atoms with Crippen LogP contribution in [0.15, 0.2) is 24.3 Å². The Morgan fingerprint density at radius 3 is 2.59 bits per heavy atom. The molecule has 2 amide bonds. The summed E-state index contributed by atoms with van der Waals surface area (Å²) in [5.74, 6) is -0.0428. The normalized spacial score (nSPS) is 17.4. The van der Waals surface area contributed by atoms with Gasteiger partial charge in [0, 0.05) is 38.0 Å². The first-order valence-corrected chi connectivity index (χ1v) is 7.87. The Morgan fingerprint density at radius 2 is 2.00 bits per heavy atom. The summed E-state index contributed by atoms with van der Waals surface area (Å²) in [6.07, 6.45) is 1.58. The van der Waals surface area contributed by atoms with Crippen LogP contribution < -0.4 is 11.1 Å². The first kappa shape index (κ1) is 16.5. The molecule has 1 aromatic rings. The molecule has 0 aliphatic carbocycles. The fourth-order valence-electron chi connectivity index (χ4n) is 2.54. The third-order valence-electron chi connectivity index (χ3n) is 4.31. The lowest BCUT2D eigenvalue weighted by Gasteiger charge is -2.19. The zero-order valence-corrected chi connectivity index (χ0v) is 13.3. The number of benzene rings is 1. The molecular formula is C17H25N3O2. The number of hydrogen-bond acceptors (Lipinski definition) is 3. The van der Waals surface area contributed by atoms with Crippen molar-refractivity contribution in [3.63, 3.8) is 0 Å². The Kier molecular flexibility index (Phi) is 5.55. The molecule has 0 aromatic heterocycles. The van der Waals surface area contributed by atoms with Crippen LogP contribution in [0.5, 0.6) is 0 Å². The van der Waals surface area contributed by atoms with Crippen molar-refractivity contribution < 1.29 is 9.59 Å². The van der Waals surface area contributed by atoms with Gasteiger partial charge in [0.25, 0.3) is 0 Å². The van der Waals surface area contributed by atoms with E-state index in [9.17, 15) is 9.59 Å². The van der Waals surface area contributed by atoms with Crippen molar-refractivity contribution >= 4 is 11.8 Å². The van der Waals surface area contributed by atoms with Gasteiger partial charge in [-0.25, -0.2) is 0 Å². The van der Waals surface area contributed by atoms with Gasteiger partial charge in [0.05, 0.1) is 0 Å². The number of nitrogens with zero attached hydrogens (tertiary/aromatic N) is 1. The summed E-state index contributed by atoms with van der Waals surface area (Å²) in [4.78, 5) is 25.7. The summed E-state index contributed by atoms with van der Waals surface area (Å²) in [6.45, 7) is 5.56. The maximum atomic E-state index is 12.0. The van der Waals surface area contributed by atoms with Crippen LogP contribution in [0, 0.1) is 5.92 Å². The third-order valence-corrected chi connectivity index (χ3v) is 4.31. The van der Waals surface area contributed by atoms with Gasteiger partial charge in [-0.1, -0.05) is 31.2 Å². The van der Waals surface area contributed by atoms with Crippen molar-refractivity contribution in [1.82, 2.24) is 10.2 Å². The largest absolute Gasteiger partial charge is 0.352 e. The van der Waals surface area contributed by atoms with E-state index in [1.54, 1.807) is 0 Å². The van der Waals surface area contributed by atoms with E-state index in [1.165, 1.54) is 0 Å². The van der Waals surface area contributed by atoms with Gasteiger partial charge in [-0.2, -0.15) is 0 Å². The maximum Gasteiger partial charge on any atom is 0.224 e. The van der Waals surface area contributed by atoms with E-state index < -0.39 is 0 Å². The number of carbonyl (C=O) groups excluding carboxylic acids is 2. The van der Waals surface area contributed by atoms with Crippen LogP contribution in [-0.2, 0) is 22.7 Å². The van der Waals surface area contributed by atoms with E-state index in [2.05, 4.69) is 5.32 Å². The van der Waals surface area contributed by atoms with E-state index >= 15 is 0 Å². The summed E-state index contributed by atoms with van der Waals surface area (Å²) >= 11 is 0. The zero-order chi connectivity index (χ0) is 16.1. The summed E-state index contributed by atoms with van der Waals surface area (Å²) in [5.41, 5.74) is 7.89. The number of nitrogens with two attached hydrogens (primary N) is 1. The van der Waals surface area contributed by atoms with Crippen LogP contribution in [-0.4, -0.2) is 29.3 Å². The quantitative estimate of drug-likeness (QED) is 0.834. The number of carbonyl (C=O) groups is 2. The van der Waals surface area contributed by atoms with Gasteiger partial charge in [-0.05, 0) is 24.5 Å². The van der Waals surface area contributed by atoms with Crippen LogP contribution in [0.2, 0.25) is 0 Å². The molecule has 1 aromatic carbocycles. The smallest absolute Gasteiger partial charge is 0.224 e. The first-order valence-electron chi connectivity index (χ1n) is 7.87. The van der Waals surface area contributed by atoms with Crippen molar-refractivity contribution in [2.75, 3.05) is 6.54 Å². The molecule has 1 saturated heterocycles. The molecule has 1 fully saturated rings. The minimum Gasteiger partial charge on any atom is -0.352 e. The molecular weight excluding hydrogens is 278 g/mol. The highest BCUT2D eigenvalue weighted by Gasteiger charge is 2.21. The van der Waals surface area contributed by atoms with E-state index in [0.717, 1.165) is 24.1 Å². The molecule has 5 heteroatoms. The van der Waals surface area contributed by atoms with Gasteiger partial charge >= 0.3 is 0 Å². The SMILES string of the molecule is CC(N)C(C)C(=O)NCc1ccccc1CN1CCCC1=O. The molecule has 0 saturated carbocycles. The van der Waals surface area contributed by atoms with E-state index in [4.69, 9.17) is 5.73 Å². The van der Waals surface area contributed by atoms with E-state index in [0.29, 0.717) is 19.5 Å². The average molecular weight is 303 g/mol. The monoisotopic (exact) mass is 303 g/mol. The molecule has 22 heavy (non-hydrogen) atoms. The van der Waals surface area contributed by atoms with Gasteiger partial charge < -0.3 is 16.0 Å². The lowest BCUT2D eigenvalue weighted by atomic mass is 10.0. The highest BCUT2D eigenvalue weighted by molar-refractivity contribution is 5.79. The van der Waals surface area contributed by atoms with Gasteiger partial charge in [-0.3, -0.25) is 9.59 Å². The first-order chi connectivity index (χ1) is 10.5. The molecule has 1 aliphatic heterocycles. The molecule has 0 radical (unpaired) electrons. The maximum absolute atomic E-state index is 12.0. The Labute approximate surface area is 131 Å². The van der Waals surface area contributed by atoms with Gasteiger partial charge in [-0.15, -0.1) is 0 Å². The average Bonchev–Trinajstić information content (AvgIpc) is 2.90. The Bertz CT molecular complexity index is 542. The molecule has 120 valence electrons. The predicted molar refractivity (Wildman–Crippen MR) is 85.8 cm³/mol. The summed E-state index contributed by atoms with van der Waals surface area (Å²) in [7, 11) is 0. The minimum absolute atomic E-state index is 0.0398. The number of amides is 2. The van der Waals surface area contributed by atoms with Crippen molar-refractivity contribution in [1.29, 1.82) is 0 Å². The van der Waals surface area contributed by atoms with E-state index in [-0.39, 0.29) is 23.8 Å². The molecule has 1 aliphatic rings. The molecule has 5 nitrogen and oxygen atoms in total. The molecule has 3 N–H and O–H groups in total. The van der Waals surface area contributed by atoms with Crippen molar-refractivity contribution in [3.8, 4) is 0 Å². The number of rotatable bonds is 6. The molecule has 2 atom stereocenters. The fourth-order valence-corrected chi connectivity index (χ4v) is 2.54. The standard InChI is InChI=1S/C17H25N3O2/c1-12(13(2)18)17(22)19-10-14-6-3-4-7-15(14)11-20-9-5-8-16(20)21/h3-4,6-7,12-13H,5,8-11,18H2,1-2H3,(H,19,22). The Morgan fingerprint density at radius 1 is 1.32 bits per heavy atom. The van der Waals surface area contributed by atoms with Crippen LogP contribution in [0.1, 0.15) is 37.8 Å². The van der Waals surface area contributed by atoms with Crippen LogP contribution in [0.25, 0.3) is 0 Å². The third kappa shape index (κ3) is 4.07. The number of nitrogens with one attached hydrogen (secondary N) is 1. The molecule has 0 spiro atoms. The zero-order valence-electron chi connectivity index (χ0n) is 13.3. The van der Waals surface area contributed by atoms with Crippen LogP contribution in [0.4, 0.5) is 0 Å². The Hall–Kier alpha value is -1.88. The predicted octanol–water partition coefficient (Wildman–Crippen LogP) is 1.41. The summed E-state index contributed by atoms with van der Waals surface area (Å²) in [5, 5.41) is 2.93. The molecule has 0 bridgehead atoms. The topological polar surface area (TPSA) is 75.4 Å². The number of hydrogen-bond donors (Lipinski definition) is 2. The second kappa shape index (κ2) is 7.40. The second-order valence-corrected chi connectivity index (χ2v) is 6.05. The van der Waals surface area contributed by atoms with Gasteiger partial charge in [0.2, 0.25) is 11.8 Å². The summed E-state index contributed by atoms with van der Waals surface area (Å²) < 4.78 is 0. The van der Waals surface area contributed by atoms with Crippen LogP contribution in [0.3, 0.4) is 0 Å². The minimum atomic E-state index is -0.215. The molecule has 1 heterocycles. The highest BCUT2D eigenvalue weighted by Crippen LogP contribution is 2.17. The summed E-state index contributed by atoms with van der Waals surface area (Å²) in [6, 6.07) is 7.75. The van der Waals surface area contributed by atoms with Gasteiger partial charge in [0.1, 0.15) is 0 Å². The van der Waals surface area contributed by atoms with E-state index in [1.807, 2.05) is 43.0 Å². The molecule has 2 rings (SSSR count). The van der Waals surface area contributed by atoms with Gasteiger partial charge in [0.15, 0.2) is 0 Å². The Balaban J connectivity index is 1.99. The lowest BCUT2D eigenvalue weighted by Crippen LogP contribution is -2.38. The fraction of sp³-hybridized carbons (Fsp3) is 0.529. The van der Waals surface area contributed by atoms with Crippen molar-refractivity contribution in [3.05, 3.63) is 35.4 Å².